The fraction of sp³-hybridized carbons (Fsp3) is 0.308. The van der Waals surface area contributed by atoms with Crippen LogP contribution in [0.2, 0.25) is 0 Å². The molecule has 114 valence electrons. The molecule has 0 saturated carbocycles. The number of carboxylic acids is 2. The molecule has 2 unspecified atom stereocenters. The van der Waals surface area contributed by atoms with Crippen molar-refractivity contribution in [1.29, 1.82) is 0 Å². The zero-order valence-electron chi connectivity index (χ0n) is 10.9. The summed E-state index contributed by atoms with van der Waals surface area (Å²) in [5.41, 5.74) is -0.00942. The van der Waals surface area contributed by atoms with E-state index >= 15 is 0 Å². The SMILES string of the molecule is O=C(O)CNC(=O)c1ccccc1C(O)C(O)CC(=O)O. The number of nitrogens with one attached hydrogen (secondary N) is 1. The number of rotatable bonds is 7. The van der Waals surface area contributed by atoms with E-state index in [0.29, 0.717) is 0 Å². The van der Waals surface area contributed by atoms with Gasteiger partial charge in [0.15, 0.2) is 0 Å². The number of benzene rings is 1. The van der Waals surface area contributed by atoms with Crippen LogP contribution < -0.4 is 5.32 Å². The topological polar surface area (TPSA) is 144 Å². The van der Waals surface area contributed by atoms with Gasteiger partial charge >= 0.3 is 11.9 Å². The van der Waals surface area contributed by atoms with E-state index in [-0.39, 0.29) is 11.1 Å². The highest BCUT2D eigenvalue weighted by molar-refractivity contribution is 5.97. The predicted molar refractivity (Wildman–Crippen MR) is 69.6 cm³/mol. The normalized spacial score (nSPS) is 13.2. The Kier molecular flexibility index (Phi) is 5.82. The second-order valence-corrected chi connectivity index (χ2v) is 4.27. The largest absolute Gasteiger partial charge is 0.481 e. The minimum atomic E-state index is -1.59. The van der Waals surface area contributed by atoms with Crippen molar-refractivity contribution >= 4 is 17.8 Å². The molecule has 0 spiro atoms. The lowest BCUT2D eigenvalue weighted by molar-refractivity contribution is -0.141. The molecule has 8 heteroatoms. The number of aliphatic hydroxyl groups is 2. The second-order valence-electron chi connectivity index (χ2n) is 4.27. The average molecular weight is 297 g/mol. The second kappa shape index (κ2) is 7.36. The van der Waals surface area contributed by atoms with Gasteiger partial charge in [-0.2, -0.15) is 0 Å². The van der Waals surface area contributed by atoms with E-state index in [9.17, 15) is 24.6 Å². The van der Waals surface area contributed by atoms with Crippen molar-refractivity contribution in [2.24, 2.45) is 0 Å². The van der Waals surface area contributed by atoms with Gasteiger partial charge in [0, 0.05) is 5.56 Å². The standard InChI is InChI=1S/C13H15NO7/c15-9(5-10(16)17)12(20)7-3-1-2-4-8(7)13(21)14-6-11(18)19/h1-4,9,12,15,20H,5-6H2,(H,14,21)(H,16,17)(H,18,19). The number of amides is 1. The number of aliphatic carboxylic acids is 2. The summed E-state index contributed by atoms with van der Waals surface area (Å²) in [6.45, 7) is -0.596. The molecule has 0 bridgehead atoms. The highest BCUT2D eigenvalue weighted by Gasteiger charge is 2.25. The lowest BCUT2D eigenvalue weighted by atomic mass is 9.96. The van der Waals surface area contributed by atoms with Crippen molar-refractivity contribution in [2.45, 2.75) is 18.6 Å². The Balaban J connectivity index is 2.95. The summed E-state index contributed by atoms with van der Waals surface area (Å²) < 4.78 is 0. The van der Waals surface area contributed by atoms with Crippen molar-refractivity contribution in [2.75, 3.05) is 6.54 Å². The molecular formula is C13H15NO7. The summed E-state index contributed by atoms with van der Waals surface area (Å²) >= 11 is 0. The first-order valence-corrected chi connectivity index (χ1v) is 5.99. The molecular weight excluding hydrogens is 282 g/mol. The summed E-state index contributed by atoms with van der Waals surface area (Å²) in [5, 5.41) is 38.8. The van der Waals surface area contributed by atoms with Crippen LogP contribution in [0.25, 0.3) is 0 Å². The molecule has 0 aromatic heterocycles. The van der Waals surface area contributed by atoms with Gasteiger partial charge in [-0.25, -0.2) is 0 Å². The van der Waals surface area contributed by atoms with Gasteiger partial charge < -0.3 is 25.7 Å². The van der Waals surface area contributed by atoms with Gasteiger partial charge in [0.25, 0.3) is 5.91 Å². The molecule has 1 aromatic carbocycles. The smallest absolute Gasteiger partial charge is 0.322 e. The third-order valence-electron chi connectivity index (χ3n) is 2.67. The Labute approximate surface area is 119 Å². The van der Waals surface area contributed by atoms with E-state index in [1.165, 1.54) is 24.3 Å². The van der Waals surface area contributed by atoms with Crippen molar-refractivity contribution in [3.8, 4) is 0 Å². The van der Waals surface area contributed by atoms with Crippen LogP contribution in [0.5, 0.6) is 0 Å². The number of carboxylic acid groups (broad SMARTS) is 2. The van der Waals surface area contributed by atoms with Gasteiger partial charge in [0.05, 0.1) is 12.5 Å². The third-order valence-corrected chi connectivity index (χ3v) is 2.67. The van der Waals surface area contributed by atoms with E-state index in [1.807, 2.05) is 0 Å². The molecule has 2 atom stereocenters. The van der Waals surface area contributed by atoms with E-state index in [0.717, 1.165) is 0 Å². The van der Waals surface area contributed by atoms with Crippen molar-refractivity contribution in [1.82, 2.24) is 5.32 Å². The third kappa shape index (κ3) is 4.86. The molecule has 1 amide bonds. The maximum Gasteiger partial charge on any atom is 0.322 e. The first-order valence-electron chi connectivity index (χ1n) is 5.99. The van der Waals surface area contributed by atoms with Crippen LogP contribution in [-0.4, -0.2) is 50.9 Å². The first kappa shape index (κ1) is 16.6. The van der Waals surface area contributed by atoms with Gasteiger partial charge in [-0.05, 0) is 11.6 Å². The number of aliphatic hydroxyl groups excluding tert-OH is 2. The number of carbonyl (C=O) groups is 3. The molecule has 0 heterocycles. The van der Waals surface area contributed by atoms with Crippen LogP contribution in [0.1, 0.15) is 28.4 Å². The van der Waals surface area contributed by atoms with Crippen LogP contribution in [-0.2, 0) is 9.59 Å². The van der Waals surface area contributed by atoms with Gasteiger partial charge in [0.2, 0.25) is 0 Å². The van der Waals surface area contributed by atoms with Crippen LogP contribution >= 0.6 is 0 Å². The number of carbonyl (C=O) groups excluding carboxylic acids is 1. The molecule has 0 aliphatic carbocycles. The molecule has 1 rings (SSSR count). The summed E-state index contributed by atoms with van der Waals surface area (Å²) in [6, 6.07) is 5.68. The summed E-state index contributed by atoms with van der Waals surface area (Å²) in [7, 11) is 0. The monoisotopic (exact) mass is 297 g/mol. The lowest BCUT2D eigenvalue weighted by Gasteiger charge is -2.19. The lowest BCUT2D eigenvalue weighted by Crippen LogP contribution is -2.31. The molecule has 0 aliphatic rings. The van der Waals surface area contributed by atoms with Crippen molar-refractivity contribution in [3.05, 3.63) is 35.4 Å². The Hall–Kier alpha value is -2.45. The van der Waals surface area contributed by atoms with Crippen molar-refractivity contribution < 1.29 is 34.8 Å². The van der Waals surface area contributed by atoms with Gasteiger partial charge in [-0.15, -0.1) is 0 Å². The van der Waals surface area contributed by atoms with Gasteiger partial charge in [0.1, 0.15) is 12.6 Å². The maximum absolute atomic E-state index is 11.8. The van der Waals surface area contributed by atoms with E-state index in [4.69, 9.17) is 10.2 Å². The molecule has 1 aromatic rings. The average Bonchev–Trinajstić information content (AvgIpc) is 2.43. The molecule has 0 radical (unpaired) electrons. The number of hydrogen-bond acceptors (Lipinski definition) is 5. The summed E-state index contributed by atoms with van der Waals surface area (Å²) in [6.07, 6.45) is -3.85. The molecule has 8 nitrogen and oxygen atoms in total. The quantitative estimate of drug-likeness (QED) is 0.450. The Morgan fingerprint density at radius 2 is 1.67 bits per heavy atom. The molecule has 21 heavy (non-hydrogen) atoms. The highest BCUT2D eigenvalue weighted by Crippen LogP contribution is 2.22. The Morgan fingerprint density at radius 1 is 1.05 bits per heavy atom. The molecule has 5 N–H and O–H groups in total. The fourth-order valence-electron chi connectivity index (χ4n) is 1.71. The van der Waals surface area contributed by atoms with E-state index < -0.39 is 43.0 Å². The minimum Gasteiger partial charge on any atom is -0.481 e. The minimum absolute atomic E-state index is 0.0224. The zero-order valence-corrected chi connectivity index (χ0v) is 10.9. The molecule has 0 fully saturated rings. The van der Waals surface area contributed by atoms with Gasteiger partial charge in [-0.3, -0.25) is 14.4 Å². The Morgan fingerprint density at radius 3 is 2.24 bits per heavy atom. The number of hydrogen-bond donors (Lipinski definition) is 5. The molecule has 0 aliphatic heterocycles. The first-order chi connectivity index (χ1) is 9.82. The maximum atomic E-state index is 11.8. The van der Waals surface area contributed by atoms with Crippen molar-refractivity contribution in [3.63, 3.8) is 0 Å². The zero-order chi connectivity index (χ0) is 16.0. The van der Waals surface area contributed by atoms with E-state index in [1.54, 1.807) is 0 Å². The Bertz CT molecular complexity index is 543. The van der Waals surface area contributed by atoms with Crippen LogP contribution in [0.15, 0.2) is 24.3 Å². The van der Waals surface area contributed by atoms with Gasteiger partial charge in [-0.1, -0.05) is 18.2 Å². The summed E-state index contributed by atoms with van der Waals surface area (Å²) in [5.74, 6) is -3.27. The molecule has 0 saturated heterocycles. The highest BCUT2D eigenvalue weighted by atomic mass is 16.4. The van der Waals surface area contributed by atoms with Crippen LogP contribution in [0.3, 0.4) is 0 Å². The summed E-state index contributed by atoms with van der Waals surface area (Å²) in [4.78, 5) is 32.8. The van der Waals surface area contributed by atoms with E-state index in [2.05, 4.69) is 5.32 Å². The predicted octanol–water partition coefficient (Wildman–Crippen LogP) is -0.630. The van der Waals surface area contributed by atoms with Crippen LogP contribution in [0.4, 0.5) is 0 Å². The fourth-order valence-corrected chi connectivity index (χ4v) is 1.71. The van der Waals surface area contributed by atoms with Crippen LogP contribution in [0, 0.1) is 0 Å².